The van der Waals surface area contributed by atoms with Gasteiger partial charge in [0.25, 0.3) is 0 Å². The van der Waals surface area contributed by atoms with E-state index in [0.717, 1.165) is 5.56 Å². The Hall–Kier alpha value is -2.75. The SMILES string of the molecule is CCOc1cc(/C=C/C(=O)c2ccccc2)cc(OCC)c1O. The minimum Gasteiger partial charge on any atom is -0.502 e. The van der Waals surface area contributed by atoms with Gasteiger partial charge in [-0.15, -0.1) is 0 Å². The summed E-state index contributed by atoms with van der Waals surface area (Å²) in [6, 6.07) is 12.4. The molecule has 0 aromatic heterocycles. The number of carbonyl (C=O) groups excluding carboxylic acids is 1. The maximum Gasteiger partial charge on any atom is 0.200 e. The van der Waals surface area contributed by atoms with E-state index < -0.39 is 0 Å². The molecular formula is C19H20O4. The van der Waals surface area contributed by atoms with Crippen LogP contribution in [0.1, 0.15) is 29.8 Å². The summed E-state index contributed by atoms with van der Waals surface area (Å²) in [5, 5.41) is 10.1. The molecule has 2 aromatic carbocycles. The van der Waals surface area contributed by atoms with Crippen LogP contribution >= 0.6 is 0 Å². The molecular weight excluding hydrogens is 292 g/mol. The predicted octanol–water partition coefficient (Wildman–Crippen LogP) is 4.09. The summed E-state index contributed by atoms with van der Waals surface area (Å²) in [6.07, 6.45) is 3.17. The van der Waals surface area contributed by atoms with Gasteiger partial charge in [-0.2, -0.15) is 0 Å². The molecule has 0 unspecified atom stereocenters. The average Bonchev–Trinajstić information content (AvgIpc) is 2.57. The number of ketones is 1. The molecule has 1 N–H and O–H groups in total. The molecule has 0 heterocycles. The Balaban J connectivity index is 2.28. The minimum absolute atomic E-state index is 0.0276. The van der Waals surface area contributed by atoms with Crippen molar-refractivity contribution < 1.29 is 19.4 Å². The van der Waals surface area contributed by atoms with E-state index >= 15 is 0 Å². The van der Waals surface area contributed by atoms with Crippen molar-refractivity contribution >= 4 is 11.9 Å². The molecule has 0 aliphatic carbocycles. The molecule has 2 aromatic rings. The Morgan fingerprint density at radius 1 is 1.04 bits per heavy atom. The highest BCUT2D eigenvalue weighted by Gasteiger charge is 2.11. The number of phenolic OH excluding ortho intramolecular Hbond substituents is 1. The van der Waals surface area contributed by atoms with E-state index in [1.807, 2.05) is 32.0 Å². The molecule has 0 radical (unpaired) electrons. The molecule has 0 aliphatic heterocycles. The van der Waals surface area contributed by atoms with E-state index in [9.17, 15) is 9.90 Å². The van der Waals surface area contributed by atoms with Crippen molar-refractivity contribution in [1.29, 1.82) is 0 Å². The summed E-state index contributed by atoms with van der Waals surface area (Å²) >= 11 is 0. The highest BCUT2D eigenvalue weighted by atomic mass is 16.5. The lowest BCUT2D eigenvalue weighted by molar-refractivity contribution is 0.104. The van der Waals surface area contributed by atoms with E-state index in [-0.39, 0.29) is 11.5 Å². The van der Waals surface area contributed by atoms with Crippen molar-refractivity contribution in [3.63, 3.8) is 0 Å². The molecule has 2 rings (SSSR count). The number of phenols is 1. The zero-order valence-electron chi connectivity index (χ0n) is 13.3. The molecule has 120 valence electrons. The van der Waals surface area contributed by atoms with Crippen LogP contribution in [0.2, 0.25) is 0 Å². The van der Waals surface area contributed by atoms with Gasteiger partial charge in [0.15, 0.2) is 17.3 Å². The van der Waals surface area contributed by atoms with Gasteiger partial charge in [-0.3, -0.25) is 4.79 Å². The Morgan fingerprint density at radius 2 is 1.61 bits per heavy atom. The first kappa shape index (κ1) is 16.6. The normalized spacial score (nSPS) is 10.7. The summed E-state index contributed by atoms with van der Waals surface area (Å²) in [5.74, 6) is 0.561. The Bertz CT molecular complexity index is 663. The lowest BCUT2D eigenvalue weighted by Crippen LogP contribution is -1.97. The minimum atomic E-state index is -0.0883. The highest BCUT2D eigenvalue weighted by molar-refractivity contribution is 6.06. The second kappa shape index (κ2) is 8.03. The van der Waals surface area contributed by atoms with Gasteiger partial charge >= 0.3 is 0 Å². The molecule has 0 bridgehead atoms. The number of hydrogen-bond acceptors (Lipinski definition) is 4. The van der Waals surface area contributed by atoms with Crippen LogP contribution in [0.3, 0.4) is 0 Å². The van der Waals surface area contributed by atoms with Gasteiger partial charge in [0.2, 0.25) is 5.75 Å². The van der Waals surface area contributed by atoms with Crippen LogP contribution in [0.25, 0.3) is 6.08 Å². The van der Waals surface area contributed by atoms with Gasteiger partial charge in [-0.1, -0.05) is 36.4 Å². The quantitative estimate of drug-likeness (QED) is 0.618. The number of rotatable bonds is 7. The van der Waals surface area contributed by atoms with Gasteiger partial charge in [-0.25, -0.2) is 0 Å². The molecule has 0 fully saturated rings. The summed E-state index contributed by atoms with van der Waals surface area (Å²) < 4.78 is 10.8. The fourth-order valence-electron chi connectivity index (χ4n) is 2.10. The maximum absolute atomic E-state index is 12.1. The van der Waals surface area contributed by atoms with Crippen LogP contribution in [0.5, 0.6) is 17.2 Å². The predicted molar refractivity (Wildman–Crippen MR) is 90.3 cm³/mol. The molecule has 0 saturated carbocycles. The largest absolute Gasteiger partial charge is 0.502 e. The fourth-order valence-corrected chi connectivity index (χ4v) is 2.10. The lowest BCUT2D eigenvalue weighted by atomic mass is 10.1. The van der Waals surface area contributed by atoms with E-state index in [4.69, 9.17) is 9.47 Å². The first-order valence-corrected chi connectivity index (χ1v) is 7.55. The molecule has 0 atom stereocenters. The van der Waals surface area contributed by atoms with Crippen molar-refractivity contribution in [3.8, 4) is 17.2 Å². The lowest BCUT2D eigenvalue weighted by Gasteiger charge is -2.12. The Morgan fingerprint density at radius 3 is 2.13 bits per heavy atom. The third-order valence-corrected chi connectivity index (χ3v) is 3.15. The number of carbonyl (C=O) groups is 1. The second-order valence-electron chi connectivity index (χ2n) is 4.80. The smallest absolute Gasteiger partial charge is 0.200 e. The van der Waals surface area contributed by atoms with Crippen LogP contribution < -0.4 is 9.47 Å². The Labute approximate surface area is 136 Å². The standard InChI is InChI=1S/C19H20O4/c1-3-22-17-12-14(13-18(19(17)21)23-4-2)10-11-16(20)15-8-6-5-7-9-15/h5-13,21H,3-4H2,1-2H3/b11-10+. The van der Waals surface area contributed by atoms with Gasteiger partial charge in [0, 0.05) is 5.56 Å². The Kier molecular flexibility index (Phi) is 5.80. The number of allylic oxidation sites excluding steroid dienone is 1. The van der Waals surface area contributed by atoms with Crippen molar-refractivity contribution in [2.24, 2.45) is 0 Å². The van der Waals surface area contributed by atoms with Crippen molar-refractivity contribution in [2.45, 2.75) is 13.8 Å². The summed E-state index contributed by atoms with van der Waals surface area (Å²) in [6.45, 7) is 4.52. The summed E-state index contributed by atoms with van der Waals surface area (Å²) in [5.41, 5.74) is 1.34. The van der Waals surface area contributed by atoms with Crippen LogP contribution in [-0.4, -0.2) is 24.1 Å². The molecule has 0 aliphatic rings. The van der Waals surface area contributed by atoms with Gasteiger partial charge in [-0.05, 0) is 37.6 Å². The topological polar surface area (TPSA) is 55.8 Å². The molecule has 4 nitrogen and oxygen atoms in total. The van der Waals surface area contributed by atoms with E-state index in [0.29, 0.717) is 30.3 Å². The average molecular weight is 312 g/mol. The fraction of sp³-hybridized carbons (Fsp3) is 0.211. The van der Waals surface area contributed by atoms with E-state index in [1.165, 1.54) is 6.08 Å². The number of ether oxygens (including phenoxy) is 2. The monoisotopic (exact) mass is 312 g/mol. The van der Waals surface area contributed by atoms with Crippen LogP contribution in [0.4, 0.5) is 0 Å². The molecule has 0 amide bonds. The highest BCUT2D eigenvalue weighted by Crippen LogP contribution is 2.38. The summed E-state index contributed by atoms with van der Waals surface area (Å²) in [7, 11) is 0. The van der Waals surface area contributed by atoms with Crippen LogP contribution in [0, 0.1) is 0 Å². The third kappa shape index (κ3) is 4.36. The van der Waals surface area contributed by atoms with Crippen LogP contribution in [-0.2, 0) is 0 Å². The maximum atomic E-state index is 12.1. The third-order valence-electron chi connectivity index (χ3n) is 3.15. The van der Waals surface area contributed by atoms with Crippen LogP contribution in [0.15, 0.2) is 48.5 Å². The number of hydrogen-bond donors (Lipinski definition) is 1. The van der Waals surface area contributed by atoms with Gasteiger partial charge < -0.3 is 14.6 Å². The summed E-state index contributed by atoms with van der Waals surface area (Å²) in [4.78, 5) is 12.1. The molecule has 23 heavy (non-hydrogen) atoms. The molecule has 4 heteroatoms. The number of benzene rings is 2. The number of aromatic hydroxyl groups is 1. The molecule has 0 spiro atoms. The van der Waals surface area contributed by atoms with Crippen molar-refractivity contribution in [2.75, 3.05) is 13.2 Å². The zero-order chi connectivity index (χ0) is 16.7. The molecule has 0 saturated heterocycles. The second-order valence-corrected chi connectivity index (χ2v) is 4.80. The van der Waals surface area contributed by atoms with Crippen molar-refractivity contribution in [1.82, 2.24) is 0 Å². The van der Waals surface area contributed by atoms with Crippen molar-refractivity contribution in [3.05, 3.63) is 59.7 Å². The van der Waals surface area contributed by atoms with E-state index in [1.54, 1.807) is 30.3 Å². The van der Waals surface area contributed by atoms with E-state index in [2.05, 4.69) is 0 Å². The zero-order valence-corrected chi connectivity index (χ0v) is 13.3. The van der Waals surface area contributed by atoms with Gasteiger partial charge in [0.05, 0.1) is 13.2 Å². The first-order chi connectivity index (χ1) is 11.2. The van der Waals surface area contributed by atoms with Gasteiger partial charge in [0.1, 0.15) is 0 Å². The first-order valence-electron chi connectivity index (χ1n) is 7.55.